The normalized spacial score (nSPS) is 10.3. The molecule has 23 heavy (non-hydrogen) atoms. The van der Waals surface area contributed by atoms with E-state index in [0.29, 0.717) is 12.4 Å². The predicted octanol–water partition coefficient (Wildman–Crippen LogP) is 4.59. The molecule has 4 heteroatoms. The molecule has 0 N–H and O–H groups in total. The first-order valence-electron chi connectivity index (χ1n) is 7.61. The minimum Gasteiger partial charge on any atom is -0.489 e. The van der Waals surface area contributed by atoms with Crippen molar-refractivity contribution in [1.82, 2.24) is 0 Å². The molecule has 0 unspecified atom stereocenters. The minimum atomic E-state index is -0.736. The maximum atomic E-state index is 11.3. The highest BCUT2D eigenvalue weighted by Crippen LogP contribution is 2.25. The Morgan fingerprint density at radius 2 is 1.87 bits per heavy atom. The third-order valence-corrected chi connectivity index (χ3v) is 3.81. The van der Waals surface area contributed by atoms with Crippen LogP contribution >= 0.6 is 0 Å². The summed E-state index contributed by atoms with van der Waals surface area (Å²) in [6.07, 6.45) is 0.265. The Morgan fingerprint density at radius 1 is 1.09 bits per heavy atom. The number of carbonyl (C=O) groups is 1. The van der Waals surface area contributed by atoms with Gasteiger partial charge in [0.15, 0.2) is 0 Å². The molecule has 0 amide bonds. The van der Waals surface area contributed by atoms with E-state index >= 15 is 0 Å². The van der Waals surface area contributed by atoms with Crippen molar-refractivity contribution in [3.8, 4) is 11.5 Å². The molecule has 0 aliphatic heterocycles. The van der Waals surface area contributed by atoms with Crippen molar-refractivity contribution in [2.45, 2.75) is 33.8 Å². The molecular weight excluding hydrogens is 292 g/mol. The molecule has 0 aliphatic rings. The molecule has 0 spiro atoms. The summed E-state index contributed by atoms with van der Waals surface area (Å²) in [5.41, 5.74) is 4.34. The molecule has 2 aromatic rings. The van der Waals surface area contributed by atoms with Crippen molar-refractivity contribution in [2.75, 3.05) is 7.11 Å². The van der Waals surface area contributed by atoms with E-state index in [4.69, 9.17) is 9.47 Å². The smallest absolute Gasteiger partial charge is 0.489 e. The summed E-state index contributed by atoms with van der Waals surface area (Å²) in [4.78, 5) is 11.3. The largest absolute Gasteiger partial charge is 0.513 e. The summed E-state index contributed by atoms with van der Waals surface area (Å²) in [5, 5.41) is 0. The van der Waals surface area contributed by atoms with Crippen LogP contribution in [0.5, 0.6) is 11.5 Å². The summed E-state index contributed by atoms with van der Waals surface area (Å²) >= 11 is 0. The molecule has 0 saturated carbocycles. The van der Waals surface area contributed by atoms with Crippen LogP contribution in [0.4, 0.5) is 4.79 Å². The van der Waals surface area contributed by atoms with Gasteiger partial charge in [-0.1, -0.05) is 25.1 Å². The summed E-state index contributed by atoms with van der Waals surface area (Å²) in [7, 11) is 1.28. The molecule has 2 rings (SSSR count). The molecular formula is C19H22O4. The molecule has 2 aromatic carbocycles. The number of ether oxygens (including phenoxy) is 3. The topological polar surface area (TPSA) is 44.8 Å². The fraction of sp³-hybridized carbons (Fsp3) is 0.316. The molecule has 0 aliphatic carbocycles. The van der Waals surface area contributed by atoms with Crippen LogP contribution in [0.3, 0.4) is 0 Å². The zero-order valence-corrected chi connectivity index (χ0v) is 14.0. The lowest BCUT2D eigenvalue weighted by Crippen LogP contribution is -2.10. The van der Waals surface area contributed by atoms with Gasteiger partial charge >= 0.3 is 6.16 Å². The lowest BCUT2D eigenvalue weighted by Gasteiger charge is -2.14. The highest BCUT2D eigenvalue weighted by atomic mass is 16.7. The van der Waals surface area contributed by atoms with Crippen LogP contribution in [-0.4, -0.2) is 13.3 Å². The molecule has 0 bridgehead atoms. The predicted molar refractivity (Wildman–Crippen MR) is 89.1 cm³/mol. The summed E-state index contributed by atoms with van der Waals surface area (Å²) in [5.74, 6) is 1.26. The first kappa shape index (κ1) is 16.9. The summed E-state index contributed by atoms with van der Waals surface area (Å²) in [6.45, 7) is 6.48. The Labute approximate surface area is 137 Å². The van der Waals surface area contributed by atoms with Crippen LogP contribution in [0.1, 0.15) is 29.2 Å². The van der Waals surface area contributed by atoms with Gasteiger partial charge in [0.05, 0.1) is 7.11 Å². The minimum absolute atomic E-state index is 0.323. The molecule has 122 valence electrons. The van der Waals surface area contributed by atoms with E-state index in [9.17, 15) is 4.79 Å². The first-order chi connectivity index (χ1) is 11.0. The monoisotopic (exact) mass is 314 g/mol. The molecule has 0 radical (unpaired) electrons. The van der Waals surface area contributed by atoms with Crippen molar-refractivity contribution in [1.29, 1.82) is 0 Å². The standard InChI is InChI=1S/C19H22O4/c1-5-15-9-10-16(11-14(15)3)22-12-17-13(2)7-6-8-18(17)23-19(20)21-4/h6-11H,5,12H2,1-4H3. The van der Waals surface area contributed by atoms with Gasteiger partial charge in [-0.25, -0.2) is 4.79 Å². The van der Waals surface area contributed by atoms with Gasteiger partial charge in [0.25, 0.3) is 0 Å². The van der Waals surface area contributed by atoms with Gasteiger partial charge in [0, 0.05) is 5.56 Å². The number of hydrogen-bond acceptors (Lipinski definition) is 4. The van der Waals surface area contributed by atoms with Crippen LogP contribution in [0, 0.1) is 13.8 Å². The zero-order chi connectivity index (χ0) is 16.8. The van der Waals surface area contributed by atoms with E-state index in [2.05, 4.69) is 24.7 Å². The van der Waals surface area contributed by atoms with Gasteiger partial charge in [-0.15, -0.1) is 0 Å². The van der Waals surface area contributed by atoms with Gasteiger partial charge in [-0.3, -0.25) is 0 Å². The molecule has 0 saturated heterocycles. The second-order valence-electron chi connectivity index (χ2n) is 5.34. The SMILES string of the molecule is CCc1ccc(OCc2c(C)cccc2OC(=O)OC)cc1C. The van der Waals surface area contributed by atoms with Gasteiger partial charge < -0.3 is 14.2 Å². The Hall–Kier alpha value is -2.49. The second kappa shape index (κ2) is 7.68. The van der Waals surface area contributed by atoms with E-state index < -0.39 is 6.16 Å². The van der Waals surface area contributed by atoms with Crippen molar-refractivity contribution in [2.24, 2.45) is 0 Å². The van der Waals surface area contributed by atoms with E-state index in [-0.39, 0.29) is 0 Å². The Morgan fingerprint density at radius 3 is 2.52 bits per heavy atom. The quantitative estimate of drug-likeness (QED) is 0.598. The van der Waals surface area contributed by atoms with E-state index in [1.54, 1.807) is 6.07 Å². The Balaban J connectivity index is 2.16. The van der Waals surface area contributed by atoms with Crippen molar-refractivity contribution < 1.29 is 19.0 Å². The molecule has 0 heterocycles. The van der Waals surface area contributed by atoms with Crippen LogP contribution in [0.25, 0.3) is 0 Å². The lowest BCUT2D eigenvalue weighted by atomic mass is 10.1. The van der Waals surface area contributed by atoms with Crippen molar-refractivity contribution >= 4 is 6.16 Å². The summed E-state index contributed by atoms with van der Waals surface area (Å²) in [6, 6.07) is 11.6. The fourth-order valence-corrected chi connectivity index (χ4v) is 2.40. The number of aryl methyl sites for hydroxylation is 3. The fourth-order valence-electron chi connectivity index (χ4n) is 2.40. The highest BCUT2D eigenvalue weighted by Gasteiger charge is 2.12. The number of hydrogen-bond donors (Lipinski definition) is 0. The maximum absolute atomic E-state index is 11.3. The summed E-state index contributed by atoms with van der Waals surface area (Å²) < 4.78 is 15.6. The van der Waals surface area contributed by atoms with Gasteiger partial charge in [0.2, 0.25) is 0 Å². The lowest BCUT2D eigenvalue weighted by molar-refractivity contribution is 0.120. The van der Waals surface area contributed by atoms with Gasteiger partial charge in [0.1, 0.15) is 18.1 Å². The Kier molecular flexibility index (Phi) is 5.63. The van der Waals surface area contributed by atoms with Crippen LogP contribution in [0.2, 0.25) is 0 Å². The molecule has 0 aromatic heterocycles. The van der Waals surface area contributed by atoms with E-state index in [1.807, 2.05) is 31.2 Å². The number of carbonyl (C=O) groups excluding carboxylic acids is 1. The van der Waals surface area contributed by atoms with Gasteiger partial charge in [-0.05, 0) is 55.2 Å². The number of benzene rings is 2. The Bertz CT molecular complexity index is 692. The van der Waals surface area contributed by atoms with E-state index in [0.717, 1.165) is 23.3 Å². The van der Waals surface area contributed by atoms with E-state index in [1.165, 1.54) is 18.2 Å². The van der Waals surface area contributed by atoms with Crippen molar-refractivity contribution in [3.05, 3.63) is 58.7 Å². The average molecular weight is 314 g/mol. The van der Waals surface area contributed by atoms with Crippen LogP contribution in [-0.2, 0) is 17.8 Å². The van der Waals surface area contributed by atoms with Crippen LogP contribution in [0.15, 0.2) is 36.4 Å². The molecule has 0 fully saturated rings. The molecule has 0 atom stereocenters. The van der Waals surface area contributed by atoms with Crippen molar-refractivity contribution in [3.63, 3.8) is 0 Å². The number of methoxy groups -OCH3 is 1. The highest BCUT2D eigenvalue weighted by molar-refractivity contribution is 5.64. The second-order valence-corrected chi connectivity index (χ2v) is 5.34. The third-order valence-electron chi connectivity index (χ3n) is 3.81. The first-order valence-corrected chi connectivity index (χ1v) is 7.61. The third kappa shape index (κ3) is 4.25. The van der Waals surface area contributed by atoms with Crippen LogP contribution < -0.4 is 9.47 Å². The number of rotatable bonds is 5. The zero-order valence-electron chi connectivity index (χ0n) is 14.0. The van der Waals surface area contributed by atoms with Gasteiger partial charge in [-0.2, -0.15) is 0 Å². The average Bonchev–Trinajstić information content (AvgIpc) is 2.54. The molecule has 4 nitrogen and oxygen atoms in total. The maximum Gasteiger partial charge on any atom is 0.513 e.